The summed E-state index contributed by atoms with van der Waals surface area (Å²) in [7, 11) is 0. The highest BCUT2D eigenvalue weighted by molar-refractivity contribution is 6.32. The van der Waals surface area contributed by atoms with E-state index in [1.165, 1.54) is 0 Å². The highest BCUT2D eigenvalue weighted by atomic mass is 35.5. The Balaban J connectivity index is 0.00000200. The molecular weight excluding hydrogens is 299 g/mol. The number of aromatic nitrogens is 1. The lowest BCUT2D eigenvalue weighted by atomic mass is 10.2. The standard InChI is InChI=1S/C13H19ClN4O.ClH/c1-10(15)9-12(19)17-5-7-18(8-6-17)13-11(14)3-2-4-16-13;/h2-4,10H,5-9,15H2,1H3;1H. The number of halogens is 2. The minimum atomic E-state index is -0.0873. The summed E-state index contributed by atoms with van der Waals surface area (Å²) in [6, 6.07) is 3.56. The predicted molar refractivity (Wildman–Crippen MR) is 83.6 cm³/mol. The summed E-state index contributed by atoms with van der Waals surface area (Å²) in [6.45, 7) is 4.74. The van der Waals surface area contributed by atoms with Crippen LogP contribution in [0.1, 0.15) is 13.3 Å². The van der Waals surface area contributed by atoms with Crippen LogP contribution in [0.5, 0.6) is 0 Å². The molecule has 0 radical (unpaired) electrons. The van der Waals surface area contributed by atoms with Gasteiger partial charge >= 0.3 is 0 Å². The minimum Gasteiger partial charge on any atom is -0.352 e. The van der Waals surface area contributed by atoms with E-state index in [0.717, 1.165) is 18.9 Å². The second kappa shape index (κ2) is 7.67. The summed E-state index contributed by atoms with van der Waals surface area (Å²) in [5.74, 6) is 0.922. The maximum Gasteiger partial charge on any atom is 0.224 e. The fraction of sp³-hybridized carbons (Fsp3) is 0.538. The Morgan fingerprint density at radius 3 is 2.65 bits per heavy atom. The highest BCUT2D eigenvalue weighted by Crippen LogP contribution is 2.23. The molecule has 0 bridgehead atoms. The first-order chi connectivity index (χ1) is 9.08. The van der Waals surface area contributed by atoms with E-state index in [9.17, 15) is 4.79 Å². The molecule has 1 atom stereocenters. The van der Waals surface area contributed by atoms with Crippen LogP contribution in [0.4, 0.5) is 5.82 Å². The third kappa shape index (κ3) is 4.23. The SMILES string of the molecule is CC(N)CC(=O)N1CCN(c2ncccc2Cl)CC1.Cl. The van der Waals surface area contributed by atoms with Crippen molar-refractivity contribution in [3.8, 4) is 0 Å². The van der Waals surface area contributed by atoms with Gasteiger partial charge in [-0.3, -0.25) is 4.79 Å². The maximum atomic E-state index is 11.9. The van der Waals surface area contributed by atoms with E-state index in [0.29, 0.717) is 24.5 Å². The molecule has 1 fully saturated rings. The van der Waals surface area contributed by atoms with Gasteiger partial charge in [-0.2, -0.15) is 0 Å². The molecule has 1 aliphatic heterocycles. The van der Waals surface area contributed by atoms with Crippen molar-refractivity contribution in [2.45, 2.75) is 19.4 Å². The van der Waals surface area contributed by atoms with Gasteiger partial charge in [-0.1, -0.05) is 11.6 Å². The number of carbonyl (C=O) groups excluding carboxylic acids is 1. The van der Waals surface area contributed by atoms with Gasteiger partial charge in [0.15, 0.2) is 0 Å². The summed E-state index contributed by atoms with van der Waals surface area (Å²) >= 11 is 6.12. The number of nitrogens with two attached hydrogens (primary N) is 1. The zero-order chi connectivity index (χ0) is 13.8. The van der Waals surface area contributed by atoms with E-state index in [1.54, 1.807) is 6.20 Å². The summed E-state index contributed by atoms with van der Waals surface area (Å²) in [5, 5.41) is 0.651. The number of pyridine rings is 1. The minimum absolute atomic E-state index is 0. The third-order valence-electron chi connectivity index (χ3n) is 3.17. The van der Waals surface area contributed by atoms with Crippen LogP contribution < -0.4 is 10.6 Å². The van der Waals surface area contributed by atoms with Crippen LogP contribution in [0.2, 0.25) is 5.02 Å². The normalized spacial score (nSPS) is 16.6. The predicted octanol–water partition coefficient (Wildman–Crippen LogP) is 1.54. The van der Waals surface area contributed by atoms with Crippen molar-refractivity contribution in [1.29, 1.82) is 0 Å². The van der Waals surface area contributed by atoms with Gasteiger partial charge in [0.2, 0.25) is 5.91 Å². The van der Waals surface area contributed by atoms with Gasteiger partial charge in [0.25, 0.3) is 0 Å². The van der Waals surface area contributed by atoms with Crippen LogP contribution in [-0.4, -0.2) is 48.0 Å². The van der Waals surface area contributed by atoms with Gasteiger partial charge in [0, 0.05) is 44.8 Å². The zero-order valence-corrected chi connectivity index (χ0v) is 13.0. The second-order valence-corrected chi connectivity index (χ2v) is 5.27. The zero-order valence-electron chi connectivity index (χ0n) is 11.5. The second-order valence-electron chi connectivity index (χ2n) is 4.86. The number of anilines is 1. The highest BCUT2D eigenvalue weighted by Gasteiger charge is 2.23. The Labute approximate surface area is 130 Å². The first-order valence-electron chi connectivity index (χ1n) is 6.46. The fourth-order valence-corrected chi connectivity index (χ4v) is 2.42. The molecule has 112 valence electrons. The molecule has 0 aliphatic carbocycles. The van der Waals surface area contributed by atoms with Crippen molar-refractivity contribution in [2.75, 3.05) is 31.1 Å². The molecule has 1 aromatic heterocycles. The lowest BCUT2D eigenvalue weighted by Gasteiger charge is -2.36. The molecule has 0 spiro atoms. The lowest BCUT2D eigenvalue weighted by molar-refractivity contribution is -0.131. The number of hydrogen-bond donors (Lipinski definition) is 1. The third-order valence-corrected chi connectivity index (χ3v) is 3.46. The van der Waals surface area contributed by atoms with E-state index in [1.807, 2.05) is 24.0 Å². The average Bonchev–Trinajstić information content (AvgIpc) is 2.39. The van der Waals surface area contributed by atoms with Crippen LogP contribution in [0, 0.1) is 0 Å². The molecule has 20 heavy (non-hydrogen) atoms. The first kappa shape index (κ1) is 17.0. The molecular formula is C13H20Cl2N4O. The molecule has 0 aromatic carbocycles. The largest absolute Gasteiger partial charge is 0.352 e. The number of hydrogen-bond acceptors (Lipinski definition) is 4. The van der Waals surface area contributed by atoms with Crippen molar-refractivity contribution in [1.82, 2.24) is 9.88 Å². The number of amides is 1. The molecule has 2 N–H and O–H groups in total. The molecule has 7 heteroatoms. The average molecular weight is 319 g/mol. The smallest absolute Gasteiger partial charge is 0.224 e. The van der Waals surface area contributed by atoms with Gasteiger partial charge in [0.1, 0.15) is 5.82 Å². The number of piperazine rings is 1. The molecule has 1 amide bonds. The van der Waals surface area contributed by atoms with Crippen molar-refractivity contribution < 1.29 is 4.79 Å². The van der Waals surface area contributed by atoms with E-state index >= 15 is 0 Å². The number of carbonyl (C=O) groups is 1. The first-order valence-corrected chi connectivity index (χ1v) is 6.84. The molecule has 1 aromatic rings. The summed E-state index contributed by atoms with van der Waals surface area (Å²) in [6.07, 6.45) is 2.14. The number of nitrogens with zero attached hydrogens (tertiary/aromatic N) is 3. The van der Waals surface area contributed by atoms with Crippen LogP contribution >= 0.6 is 24.0 Å². The molecule has 1 unspecified atom stereocenters. The fourth-order valence-electron chi connectivity index (χ4n) is 2.18. The summed E-state index contributed by atoms with van der Waals surface area (Å²) < 4.78 is 0. The molecule has 2 rings (SSSR count). The molecule has 1 aliphatic rings. The van der Waals surface area contributed by atoms with Crippen LogP contribution in [-0.2, 0) is 4.79 Å². The van der Waals surface area contributed by atoms with Crippen LogP contribution in [0.3, 0.4) is 0 Å². The van der Waals surface area contributed by atoms with E-state index in [-0.39, 0.29) is 24.4 Å². The Hall–Kier alpha value is -1.04. The maximum absolute atomic E-state index is 11.9. The Bertz CT molecular complexity index is 448. The number of rotatable bonds is 3. The van der Waals surface area contributed by atoms with Crippen LogP contribution in [0.25, 0.3) is 0 Å². The van der Waals surface area contributed by atoms with Crippen molar-refractivity contribution in [3.05, 3.63) is 23.4 Å². The monoisotopic (exact) mass is 318 g/mol. The van der Waals surface area contributed by atoms with Gasteiger partial charge in [-0.15, -0.1) is 12.4 Å². The van der Waals surface area contributed by atoms with Gasteiger partial charge in [-0.25, -0.2) is 4.98 Å². The van der Waals surface area contributed by atoms with Gasteiger partial charge < -0.3 is 15.5 Å². The van der Waals surface area contributed by atoms with Crippen molar-refractivity contribution in [3.63, 3.8) is 0 Å². The molecule has 1 saturated heterocycles. The van der Waals surface area contributed by atoms with E-state index in [2.05, 4.69) is 9.88 Å². The summed E-state index contributed by atoms with van der Waals surface area (Å²) in [4.78, 5) is 20.2. The molecule has 5 nitrogen and oxygen atoms in total. The van der Waals surface area contributed by atoms with Crippen LogP contribution in [0.15, 0.2) is 18.3 Å². The van der Waals surface area contributed by atoms with Crippen molar-refractivity contribution >= 4 is 35.7 Å². The quantitative estimate of drug-likeness (QED) is 0.918. The van der Waals surface area contributed by atoms with Gasteiger partial charge in [0.05, 0.1) is 5.02 Å². The summed E-state index contributed by atoms with van der Waals surface area (Å²) in [5.41, 5.74) is 5.65. The van der Waals surface area contributed by atoms with E-state index in [4.69, 9.17) is 17.3 Å². The molecule has 2 heterocycles. The van der Waals surface area contributed by atoms with Crippen molar-refractivity contribution in [2.24, 2.45) is 5.73 Å². The van der Waals surface area contributed by atoms with Gasteiger partial charge in [-0.05, 0) is 19.1 Å². The Morgan fingerprint density at radius 2 is 2.10 bits per heavy atom. The lowest BCUT2D eigenvalue weighted by Crippen LogP contribution is -2.49. The van der Waals surface area contributed by atoms with E-state index < -0.39 is 0 Å². The molecule has 0 saturated carbocycles. The Morgan fingerprint density at radius 1 is 1.45 bits per heavy atom. The Kier molecular flexibility index (Phi) is 6.52. The topological polar surface area (TPSA) is 62.5 Å².